The minimum atomic E-state index is 0.0337. The van der Waals surface area contributed by atoms with Crippen molar-refractivity contribution in [3.63, 3.8) is 0 Å². The fourth-order valence-corrected chi connectivity index (χ4v) is 4.03. The van der Waals surface area contributed by atoms with Crippen LogP contribution in [0.5, 0.6) is 0 Å². The molecule has 2 atom stereocenters. The molecule has 1 aliphatic heterocycles. The van der Waals surface area contributed by atoms with Gasteiger partial charge in [0.25, 0.3) is 0 Å². The molecule has 2 rings (SSSR count). The number of amides is 1. The Morgan fingerprint density at radius 3 is 2.30 bits per heavy atom. The van der Waals surface area contributed by atoms with Crippen LogP contribution in [0.2, 0.25) is 5.02 Å². The Kier molecular flexibility index (Phi) is 19.4. The van der Waals surface area contributed by atoms with Crippen molar-refractivity contribution in [2.24, 2.45) is 11.8 Å². The summed E-state index contributed by atoms with van der Waals surface area (Å²) in [5.74, 6) is 1.19. The first kappa shape index (κ1) is 34.7. The van der Waals surface area contributed by atoms with Gasteiger partial charge >= 0.3 is 0 Å². The molecule has 1 fully saturated rings. The Hall–Kier alpha value is -2.33. The third-order valence-electron chi connectivity index (χ3n) is 6.45. The summed E-state index contributed by atoms with van der Waals surface area (Å²) in [5, 5.41) is 0.875. The zero-order chi connectivity index (χ0) is 28.2. The maximum atomic E-state index is 12.5. The predicted octanol–water partition coefficient (Wildman–Crippen LogP) is 8.47. The second-order valence-corrected chi connectivity index (χ2v) is 9.79. The standard InChI is InChI=1S/C22H36N2O2.C8H9Cl.C2H6/c1-6-8-9-21(17-25)24-15-14-23(16-20(24)5)22(26)13-12-19(4)11-10-18(3)7-2;1-2-7-5-3-4-6-8(7)9;1-2/h9,12-13,17-19H,5-8,10-11,14-16H2,1-4H3;3-6H,2H2,1H3;1-2H3/b13-12+,21-9-;;. The minimum Gasteiger partial charge on any atom is -0.340 e. The number of carbonyl (C=O) groups is 2. The number of hydrogen-bond acceptors (Lipinski definition) is 3. The predicted molar refractivity (Wildman–Crippen MR) is 161 cm³/mol. The van der Waals surface area contributed by atoms with Crippen molar-refractivity contribution in [1.82, 2.24) is 9.80 Å². The first-order valence-electron chi connectivity index (χ1n) is 14.1. The number of nitrogens with zero attached hydrogens (tertiary/aromatic N) is 2. The van der Waals surface area contributed by atoms with Crippen LogP contribution in [0.3, 0.4) is 0 Å². The van der Waals surface area contributed by atoms with Crippen molar-refractivity contribution < 1.29 is 9.59 Å². The summed E-state index contributed by atoms with van der Waals surface area (Å²) in [6.45, 7) is 20.6. The van der Waals surface area contributed by atoms with E-state index >= 15 is 0 Å². The molecule has 1 aromatic rings. The molecule has 0 aliphatic carbocycles. The Bertz CT molecular complexity index is 862. The third kappa shape index (κ3) is 13.7. The number of piperazine rings is 1. The van der Waals surface area contributed by atoms with Crippen molar-refractivity contribution in [1.29, 1.82) is 0 Å². The monoisotopic (exact) mass is 530 g/mol. The molecule has 5 heteroatoms. The maximum absolute atomic E-state index is 12.5. The Balaban J connectivity index is 0.000000977. The van der Waals surface area contributed by atoms with Crippen LogP contribution >= 0.6 is 11.6 Å². The highest BCUT2D eigenvalue weighted by atomic mass is 35.5. The van der Waals surface area contributed by atoms with Crippen LogP contribution in [0.4, 0.5) is 0 Å². The Labute approximate surface area is 232 Å². The number of allylic oxidation sites excluding steroid dienone is 3. The number of halogens is 1. The number of carbonyl (C=O) groups excluding carboxylic acids is 2. The normalized spacial score (nSPS) is 15.4. The lowest BCUT2D eigenvalue weighted by Crippen LogP contribution is -2.46. The van der Waals surface area contributed by atoms with Crippen LogP contribution in [0.1, 0.15) is 86.1 Å². The summed E-state index contributed by atoms with van der Waals surface area (Å²) in [7, 11) is 0. The maximum Gasteiger partial charge on any atom is 0.246 e. The van der Waals surface area contributed by atoms with Gasteiger partial charge in [-0.05, 0) is 48.8 Å². The molecule has 0 spiro atoms. The molecule has 2 unspecified atom stereocenters. The van der Waals surface area contributed by atoms with Gasteiger partial charge in [0.05, 0.1) is 12.2 Å². The van der Waals surface area contributed by atoms with Crippen LogP contribution in [-0.2, 0) is 16.0 Å². The van der Waals surface area contributed by atoms with E-state index in [0.717, 1.165) is 48.6 Å². The van der Waals surface area contributed by atoms with Crippen molar-refractivity contribution in [3.05, 3.63) is 71.1 Å². The van der Waals surface area contributed by atoms with Crippen LogP contribution in [-0.4, -0.2) is 41.6 Å². The summed E-state index contributed by atoms with van der Waals surface area (Å²) in [6.07, 6.45) is 13.0. The highest BCUT2D eigenvalue weighted by molar-refractivity contribution is 6.31. The quantitative estimate of drug-likeness (QED) is 0.213. The number of hydrogen-bond donors (Lipinski definition) is 0. The average Bonchev–Trinajstić information content (AvgIpc) is 2.93. The fourth-order valence-electron chi connectivity index (χ4n) is 3.76. The van der Waals surface area contributed by atoms with Gasteiger partial charge in [-0.3, -0.25) is 9.59 Å². The smallest absolute Gasteiger partial charge is 0.246 e. The fraction of sp³-hybridized carbons (Fsp3) is 0.562. The molecule has 0 saturated carbocycles. The number of benzene rings is 1. The van der Waals surface area contributed by atoms with E-state index in [9.17, 15) is 9.59 Å². The van der Waals surface area contributed by atoms with Crippen molar-refractivity contribution in [2.75, 3.05) is 19.6 Å². The van der Waals surface area contributed by atoms with E-state index in [-0.39, 0.29) is 5.91 Å². The summed E-state index contributed by atoms with van der Waals surface area (Å²) in [5.41, 5.74) is 2.69. The zero-order valence-electron chi connectivity index (χ0n) is 24.4. The largest absolute Gasteiger partial charge is 0.340 e. The van der Waals surface area contributed by atoms with Gasteiger partial charge in [0.15, 0.2) is 6.29 Å². The highest BCUT2D eigenvalue weighted by Crippen LogP contribution is 2.19. The third-order valence-corrected chi connectivity index (χ3v) is 6.82. The van der Waals surface area contributed by atoms with Crippen LogP contribution in [0.15, 0.2) is 60.5 Å². The first-order valence-corrected chi connectivity index (χ1v) is 14.5. The summed E-state index contributed by atoms with van der Waals surface area (Å²) in [6, 6.07) is 7.91. The van der Waals surface area contributed by atoms with E-state index in [1.54, 1.807) is 11.0 Å². The van der Waals surface area contributed by atoms with Crippen molar-refractivity contribution in [3.8, 4) is 0 Å². The lowest BCUT2D eigenvalue weighted by Gasteiger charge is -2.37. The van der Waals surface area contributed by atoms with E-state index in [4.69, 9.17) is 11.6 Å². The van der Waals surface area contributed by atoms with Crippen molar-refractivity contribution in [2.45, 2.75) is 87.0 Å². The second kappa shape index (κ2) is 20.7. The van der Waals surface area contributed by atoms with Gasteiger partial charge < -0.3 is 9.80 Å². The molecular formula is C32H51ClN2O2. The molecule has 1 heterocycles. The highest BCUT2D eigenvalue weighted by Gasteiger charge is 2.24. The zero-order valence-corrected chi connectivity index (χ0v) is 25.2. The molecule has 1 aliphatic rings. The molecule has 1 saturated heterocycles. The molecule has 1 aromatic carbocycles. The molecule has 0 radical (unpaired) electrons. The molecule has 208 valence electrons. The molecular weight excluding hydrogens is 480 g/mol. The summed E-state index contributed by atoms with van der Waals surface area (Å²) < 4.78 is 0. The Morgan fingerprint density at radius 1 is 1.11 bits per heavy atom. The van der Waals surface area contributed by atoms with Crippen molar-refractivity contribution >= 4 is 23.8 Å². The number of unbranched alkanes of at least 4 members (excludes halogenated alkanes) is 1. The van der Waals surface area contributed by atoms with Gasteiger partial charge in [-0.1, -0.05) is 116 Å². The van der Waals surface area contributed by atoms with Gasteiger partial charge in [0.1, 0.15) is 0 Å². The van der Waals surface area contributed by atoms with Gasteiger partial charge in [-0.25, -0.2) is 0 Å². The molecule has 1 amide bonds. The Morgan fingerprint density at radius 2 is 1.78 bits per heavy atom. The lowest BCUT2D eigenvalue weighted by molar-refractivity contribution is -0.126. The summed E-state index contributed by atoms with van der Waals surface area (Å²) in [4.78, 5) is 27.5. The van der Waals surface area contributed by atoms with Crippen LogP contribution < -0.4 is 0 Å². The molecule has 0 N–H and O–H groups in total. The van der Waals surface area contributed by atoms with E-state index in [0.29, 0.717) is 31.2 Å². The van der Waals surface area contributed by atoms with Gasteiger partial charge in [0.2, 0.25) is 5.91 Å². The number of rotatable bonds is 11. The molecule has 4 nitrogen and oxygen atoms in total. The molecule has 0 bridgehead atoms. The van der Waals surface area contributed by atoms with Crippen LogP contribution in [0, 0.1) is 11.8 Å². The first-order chi connectivity index (χ1) is 17.8. The lowest BCUT2D eigenvalue weighted by atomic mass is 9.96. The van der Waals surface area contributed by atoms with Gasteiger partial charge in [0, 0.05) is 23.8 Å². The number of aldehydes is 1. The minimum absolute atomic E-state index is 0.0337. The van der Waals surface area contributed by atoms with E-state index in [1.807, 2.05) is 55.2 Å². The summed E-state index contributed by atoms with van der Waals surface area (Å²) >= 11 is 5.82. The number of aryl methyl sites for hydroxylation is 1. The SMILES string of the molecule is C=C1CN(C(=O)/C=C/C(C)CCC(C)CC)CCN1/C(C=O)=C\CCC.CC.CCc1ccccc1Cl. The molecule has 0 aromatic heterocycles. The second-order valence-electron chi connectivity index (χ2n) is 9.39. The van der Waals surface area contributed by atoms with Gasteiger partial charge in [-0.2, -0.15) is 0 Å². The topological polar surface area (TPSA) is 40.6 Å². The average molecular weight is 531 g/mol. The van der Waals surface area contributed by atoms with E-state index < -0.39 is 0 Å². The molecule has 37 heavy (non-hydrogen) atoms. The van der Waals surface area contributed by atoms with E-state index in [2.05, 4.69) is 41.2 Å². The van der Waals surface area contributed by atoms with E-state index in [1.165, 1.54) is 18.4 Å². The van der Waals surface area contributed by atoms with Gasteiger partial charge in [-0.15, -0.1) is 0 Å². The van der Waals surface area contributed by atoms with Crippen LogP contribution in [0.25, 0.3) is 0 Å².